The number of hydrogen-bond donors (Lipinski definition) is 6. The summed E-state index contributed by atoms with van der Waals surface area (Å²) in [6.45, 7) is 3.45. The van der Waals surface area contributed by atoms with Gasteiger partial charge in [-0.1, -0.05) is 36.4 Å². The zero-order valence-electron chi connectivity index (χ0n) is 41.0. The van der Waals surface area contributed by atoms with Crippen molar-refractivity contribution in [2.75, 3.05) is 0 Å². The van der Waals surface area contributed by atoms with Crippen LogP contribution in [0.25, 0.3) is 33.8 Å². The molecule has 4 aromatic carbocycles. The van der Waals surface area contributed by atoms with E-state index in [9.17, 15) is 47.9 Å². The van der Waals surface area contributed by atoms with Gasteiger partial charge in [-0.15, -0.1) is 0 Å². The highest BCUT2D eigenvalue weighted by molar-refractivity contribution is 5.99. The number of carboxylic acids is 2. The van der Waals surface area contributed by atoms with Crippen molar-refractivity contribution in [3.63, 3.8) is 0 Å². The molecule has 2 atom stereocenters. The van der Waals surface area contributed by atoms with Gasteiger partial charge in [-0.05, 0) is 107 Å². The van der Waals surface area contributed by atoms with Gasteiger partial charge in [0.1, 0.15) is 22.8 Å². The third-order valence-corrected chi connectivity index (χ3v) is 12.2. The van der Waals surface area contributed by atoms with Crippen molar-refractivity contribution in [2.45, 2.75) is 39.0 Å². The lowest BCUT2D eigenvalue weighted by atomic mass is 10.1. The van der Waals surface area contributed by atoms with Crippen molar-refractivity contribution in [3.8, 4) is 0 Å². The van der Waals surface area contributed by atoms with E-state index in [4.69, 9.17) is 19.0 Å². The first-order valence-electron chi connectivity index (χ1n) is 23.0. The zero-order valence-corrected chi connectivity index (χ0v) is 41.0. The summed E-state index contributed by atoms with van der Waals surface area (Å²) in [7, 11) is 3.12. The van der Waals surface area contributed by atoms with Crippen LogP contribution in [0.4, 0.5) is 0 Å². The average Bonchev–Trinajstić information content (AvgIpc) is 4.24. The number of rotatable bonds is 14. The molecule has 396 valence electrons. The number of nitrogens with one attached hydrogen (secondary N) is 4. The summed E-state index contributed by atoms with van der Waals surface area (Å²) in [6, 6.07) is 23.0. The Bertz CT molecular complexity index is 4310. The summed E-state index contributed by atoms with van der Waals surface area (Å²) in [4.78, 5) is 130. The molecule has 0 saturated heterocycles. The molecule has 0 unspecified atom stereocenters. The number of hydrogen-bond acceptors (Lipinski definition) is 18. The van der Waals surface area contributed by atoms with Crippen molar-refractivity contribution in [1.29, 1.82) is 0 Å². The lowest BCUT2D eigenvalue weighted by Gasteiger charge is -2.15. The standard InChI is InChI=1S/2C25H20N6O8/c1-12(14-4-6-15(7-5-14)22(34)35)27-20(32)16-10-18(31-23(28-16)29-39-25(31)37)21(33)26-11-13-3-8-19-17(9-13)30(2)24(36)38-19;1-12(14-4-6-15(7-5-14)22(34)35)27-21(33)18-10-16(28-23-29-39-25(37)31(18)23)20(32)26-11-13-3-8-19-17(9-13)30(2)24(36)38-19/h3-10,12H,11H2,1-2H3,(H,26,33)(H,27,32)(H,34,35);3-10,12H,11H2,1-2H3,(H,26,32)(H,27,33)(H,34,35)/t2*12-/m11/s1. The van der Waals surface area contributed by atoms with Gasteiger partial charge in [0.25, 0.3) is 35.2 Å². The molecule has 4 amide bonds. The molecule has 0 spiro atoms. The predicted octanol–water partition coefficient (Wildman–Crippen LogP) is 2.49. The second kappa shape index (κ2) is 21.0. The fourth-order valence-electron chi connectivity index (χ4n) is 7.92. The van der Waals surface area contributed by atoms with Crippen molar-refractivity contribution in [3.05, 3.63) is 195 Å². The lowest BCUT2D eigenvalue weighted by Crippen LogP contribution is -2.32. The van der Waals surface area contributed by atoms with Crippen LogP contribution < -0.4 is 44.3 Å². The van der Waals surface area contributed by atoms with Crippen LogP contribution in [0.2, 0.25) is 0 Å². The van der Waals surface area contributed by atoms with Crippen molar-refractivity contribution < 1.29 is 56.9 Å². The quantitative estimate of drug-likeness (QED) is 0.0911. The number of fused-ring (bicyclic) bond motifs is 4. The minimum atomic E-state index is -1.08. The number of nitrogens with zero attached hydrogens (tertiary/aromatic N) is 8. The third-order valence-electron chi connectivity index (χ3n) is 12.2. The fourth-order valence-corrected chi connectivity index (χ4v) is 7.92. The molecule has 0 fully saturated rings. The van der Waals surface area contributed by atoms with Crippen LogP contribution >= 0.6 is 0 Å². The van der Waals surface area contributed by atoms with Crippen LogP contribution in [-0.2, 0) is 27.2 Å². The number of carbonyl (C=O) groups excluding carboxylic acids is 4. The Hall–Kier alpha value is -11.1. The summed E-state index contributed by atoms with van der Waals surface area (Å²) in [5, 5.41) is 36.0. The molecule has 0 aliphatic carbocycles. The second-order valence-corrected chi connectivity index (χ2v) is 17.3. The van der Waals surface area contributed by atoms with Gasteiger partial charge in [0.2, 0.25) is 0 Å². The van der Waals surface area contributed by atoms with E-state index in [1.165, 1.54) is 33.4 Å². The second-order valence-electron chi connectivity index (χ2n) is 17.3. The topological polar surface area (TPSA) is 382 Å². The van der Waals surface area contributed by atoms with Gasteiger partial charge in [-0.2, -0.15) is 0 Å². The summed E-state index contributed by atoms with van der Waals surface area (Å²) < 4.78 is 23.8. The van der Waals surface area contributed by atoms with Crippen molar-refractivity contribution >= 4 is 69.3 Å². The Labute approximate surface area is 433 Å². The minimum absolute atomic E-state index is 0.0306. The molecule has 0 bridgehead atoms. The Morgan fingerprint density at radius 1 is 0.513 bits per heavy atom. The smallest absolute Gasteiger partial charge is 0.448 e. The van der Waals surface area contributed by atoms with Crippen molar-refractivity contribution in [1.82, 2.24) is 59.5 Å². The number of amides is 4. The minimum Gasteiger partial charge on any atom is -0.478 e. The number of aromatic carboxylic acids is 2. The molecule has 10 rings (SSSR count). The molecule has 6 heterocycles. The van der Waals surface area contributed by atoms with Crippen LogP contribution in [0.15, 0.2) is 134 Å². The van der Waals surface area contributed by atoms with E-state index in [1.807, 2.05) is 0 Å². The zero-order chi connectivity index (χ0) is 55.7. The van der Waals surface area contributed by atoms with Crippen LogP contribution in [0.3, 0.4) is 0 Å². The predicted molar refractivity (Wildman–Crippen MR) is 267 cm³/mol. The molecule has 0 radical (unpaired) electrons. The van der Waals surface area contributed by atoms with Gasteiger partial charge in [0.05, 0.1) is 34.2 Å². The van der Waals surface area contributed by atoms with Crippen LogP contribution in [0.1, 0.15) is 111 Å². The van der Waals surface area contributed by atoms with Crippen LogP contribution in [-0.4, -0.2) is 84.0 Å². The fraction of sp³-hybridized carbons (Fsp3) is 0.160. The normalized spacial score (nSPS) is 11.9. The Morgan fingerprint density at radius 3 is 1.35 bits per heavy atom. The van der Waals surface area contributed by atoms with E-state index in [-0.39, 0.29) is 58.5 Å². The number of oxazole rings is 2. The monoisotopic (exact) mass is 1060 g/mol. The van der Waals surface area contributed by atoms with Crippen molar-refractivity contribution in [2.24, 2.45) is 14.1 Å². The van der Waals surface area contributed by atoms with Gasteiger partial charge in [-0.25, -0.2) is 47.5 Å². The molecule has 0 saturated carbocycles. The molecular weight excluding hydrogens is 1020 g/mol. The summed E-state index contributed by atoms with van der Waals surface area (Å²) in [5.41, 5.74) is 3.81. The molecule has 10 aromatic rings. The first kappa shape index (κ1) is 51.8. The van der Waals surface area contributed by atoms with Gasteiger partial charge in [0.15, 0.2) is 11.2 Å². The highest BCUT2D eigenvalue weighted by Gasteiger charge is 2.24. The highest BCUT2D eigenvalue weighted by atomic mass is 16.5. The SMILES string of the molecule is C[C@@H](NC(=O)c1cc(C(=O)NCc2ccc3oc(=O)n(C)c3c2)n2c(=O)onc2n1)c1ccc(C(=O)O)cc1.C[C@@H](NC(=O)c1cc(C(=O)NCc2ccc3oc(=O)n(C)c3c2)nc2noc(=O)n12)c1ccc(C(=O)O)cc1. The van der Waals surface area contributed by atoms with Crippen LogP contribution in [0, 0.1) is 0 Å². The first-order valence-corrected chi connectivity index (χ1v) is 23.0. The van der Waals surface area contributed by atoms with Crippen LogP contribution in [0.5, 0.6) is 0 Å². The van der Waals surface area contributed by atoms with E-state index in [0.717, 1.165) is 20.9 Å². The Balaban J connectivity index is 0.000000190. The molecule has 0 aliphatic heterocycles. The van der Waals surface area contributed by atoms with Gasteiger partial charge in [-0.3, -0.25) is 37.4 Å². The maximum Gasteiger partial charge on any atom is 0.448 e. The number of carboxylic acid groups (broad SMARTS) is 2. The van der Waals surface area contributed by atoms with E-state index in [1.54, 1.807) is 88.6 Å². The van der Waals surface area contributed by atoms with E-state index >= 15 is 0 Å². The van der Waals surface area contributed by atoms with E-state index in [0.29, 0.717) is 44.5 Å². The average molecular weight is 1060 g/mol. The van der Waals surface area contributed by atoms with Gasteiger partial charge in [0, 0.05) is 27.2 Å². The Morgan fingerprint density at radius 2 is 0.910 bits per heavy atom. The molecule has 0 aliphatic rings. The van der Waals surface area contributed by atoms with E-state index in [2.05, 4.69) is 50.6 Å². The number of benzene rings is 4. The summed E-state index contributed by atoms with van der Waals surface area (Å²) >= 11 is 0. The Kier molecular flexibility index (Phi) is 14.0. The molecule has 6 N–H and O–H groups in total. The maximum atomic E-state index is 13.1. The largest absolute Gasteiger partial charge is 0.478 e. The maximum absolute atomic E-state index is 13.1. The number of carbonyl (C=O) groups is 6. The third kappa shape index (κ3) is 10.5. The number of aromatic nitrogens is 8. The lowest BCUT2D eigenvalue weighted by molar-refractivity contribution is 0.0686. The molecule has 28 heteroatoms. The molecule has 78 heavy (non-hydrogen) atoms. The molecule has 28 nitrogen and oxygen atoms in total. The number of aryl methyl sites for hydroxylation is 2. The molecule has 6 aromatic heterocycles. The van der Waals surface area contributed by atoms with Gasteiger partial charge >= 0.3 is 35.0 Å². The van der Waals surface area contributed by atoms with Gasteiger partial charge < -0.3 is 40.3 Å². The summed E-state index contributed by atoms with van der Waals surface area (Å²) in [6.07, 6.45) is 0. The summed E-state index contributed by atoms with van der Waals surface area (Å²) in [5.74, 6) is -8.43. The van der Waals surface area contributed by atoms with E-state index < -0.39 is 70.7 Å². The highest BCUT2D eigenvalue weighted by Crippen LogP contribution is 2.19. The molecular formula is C50H40N12O16. The first-order chi connectivity index (χ1) is 37.2.